The van der Waals surface area contributed by atoms with Crippen LogP contribution in [0.1, 0.15) is 12.5 Å². The van der Waals surface area contributed by atoms with Crippen LogP contribution in [0.5, 0.6) is 0 Å². The molecule has 3 rings (SSSR count). The minimum Gasteiger partial charge on any atom is -0.390 e. The van der Waals surface area contributed by atoms with Gasteiger partial charge in [-0.05, 0) is 5.57 Å². The van der Waals surface area contributed by atoms with Crippen LogP contribution in [0.3, 0.4) is 0 Å². The van der Waals surface area contributed by atoms with Gasteiger partial charge in [0.05, 0.1) is 18.5 Å². The van der Waals surface area contributed by atoms with Crippen LogP contribution in [0.4, 0.5) is 5.95 Å². The van der Waals surface area contributed by atoms with Crippen LogP contribution in [0, 0.1) is 0 Å². The Kier molecular flexibility index (Phi) is 6.17. The second kappa shape index (κ2) is 7.99. The molecule has 20 heteroatoms. The molecule has 172 valence electrons. The number of phosphoric ester groups is 1. The van der Waals surface area contributed by atoms with Gasteiger partial charge in [-0.1, -0.05) is 6.58 Å². The molecule has 2 heterocycles. The number of anilines is 1. The van der Waals surface area contributed by atoms with Crippen LogP contribution >= 0.6 is 23.5 Å². The summed E-state index contributed by atoms with van der Waals surface area (Å²) < 4.78 is 47.5. The average Bonchev–Trinajstić information content (AvgIpc) is 3.07. The maximum Gasteiger partial charge on any atom is 0.490 e. The van der Waals surface area contributed by atoms with E-state index in [1.54, 1.807) is 0 Å². The number of phosphoric acid groups is 3. The minimum absolute atomic E-state index is 0.0265. The smallest absolute Gasteiger partial charge is 0.390 e. The molecule has 0 bridgehead atoms. The number of nitrogens with one attached hydrogen (secondary N) is 1. The van der Waals surface area contributed by atoms with Gasteiger partial charge in [-0.2, -0.15) is 13.6 Å². The number of aromatic amines is 1. The fourth-order valence-corrected chi connectivity index (χ4v) is 6.21. The highest BCUT2D eigenvalue weighted by molar-refractivity contribution is 7.66. The summed E-state index contributed by atoms with van der Waals surface area (Å²) in [4.78, 5) is 58.0. The molecule has 17 nitrogen and oxygen atoms in total. The molecule has 0 aromatic carbocycles. The quantitative estimate of drug-likeness (QED) is 0.181. The van der Waals surface area contributed by atoms with Crippen molar-refractivity contribution in [3.8, 4) is 0 Å². The molecule has 5 atom stereocenters. The molecule has 0 radical (unpaired) electrons. The molecule has 0 spiro atoms. The van der Waals surface area contributed by atoms with Gasteiger partial charge >= 0.3 is 23.5 Å². The Bertz CT molecular complexity index is 1230. The zero-order chi connectivity index (χ0) is 23.4. The zero-order valence-corrected chi connectivity index (χ0v) is 17.8. The zero-order valence-electron chi connectivity index (χ0n) is 15.1. The molecule has 2 aromatic heterocycles. The molecule has 2 aromatic rings. The molecule has 0 saturated heterocycles. The first-order valence-electron chi connectivity index (χ1n) is 8.00. The molecule has 1 fully saturated rings. The van der Waals surface area contributed by atoms with Crippen molar-refractivity contribution in [1.29, 1.82) is 0 Å². The van der Waals surface area contributed by atoms with Gasteiger partial charge in [0.2, 0.25) is 5.95 Å². The van der Waals surface area contributed by atoms with Gasteiger partial charge in [0.25, 0.3) is 5.56 Å². The summed E-state index contributed by atoms with van der Waals surface area (Å²) in [6.07, 6.45) is -2.09. The number of aliphatic hydroxyl groups is 1. The molecular weight excluding hydrogens is 487 g/mol. The number of nitrogens with two attached hydrogens (primary N) is 1. The van der Waals surface area contributed by atoms with Crippen molar-refractivity contribution in [2.24, 2.45) is 0 Å². The van der Waals surface area contributed by atoms with E-state index in [-0.39, 0.29) is 29.1 Å². The summed E-state index contributed by atoms with van der Waals surface area (Å²) in [5.74, 6) is -0.215. The van der Waals surface area contributed by atoms with Gasteiger partial charge in [0.1, 0.15) is 6.10 Å². The monoisotopic (exact) mass is 503 g/mol. The summed E-state index contributed by atoms with van der Waals surface area (Å²) >= 11 is 0. The number of imidazole rings is 1. The summed E-state index contributed by atoms with van der Waals surface area (Å²) in [6.45, 7) is 3.66. The number of hydrogen-bond donors (Lipinski definition) is 7. The number of fused-ring (bicyclic) bond motifs is 1. The number of aromatic nitrogens is 4. The number of nitrogens with zero attached hydrogens (tertiary/aromatic N) is 3. The van der Waals surface area contributed by atoms with E-state index in [2.05, 4.69) is 34.7 Å². The summed E-state index contributed by atoms with van der Waals surface area (Å²) in [6, 6.07) is -0.856. The van der Waals surface area contributed by atoms with Crippen LogP contribution in [-0.4, -0.2) is 56.4 Å². The first kappa shape index (κ1) is 23.9. The molecule has 8 N–H and O–H groups in total. The van der Waals surface area contributed by atoms with Crippen molar-refractivity contribution in [2.75, 3.05) is 5.73 Å². The van der Waals surface area contributed by atoms with E-state index < -0.39 is 47.3 Å². The summed E-state index contributed by atoms with van der Waals surface area (Å²) in [5, 5.41) is 10.3. The maximum atomic E-state index is 12.1. The highest BCUT2D eigenvalue weighted by Crippen LogP contribution is 2.67. The lowest BCUT2D eigenvalue weighted by atomic mass is 10.1. The predicted molar refractivity (Wildman–Crippen MR) is 100 cm³/mol. The maximum absolute atomic E-state index is 12.1. The molecule has 2 unspecified atom stereocenters. The average molecular weight is 503 g/mol. The molecule has 0 amide bonds. The van der Waals surface area contributed by atoms with E-state index >= 15 is 0 Å². The Morgan fingerprint density at radius 1 is 1.19 bits per heavy atom. The third kappa shape index (κ3) is 5.37. The van der Waals surface area contributed by atoms with Crippen molar-refractivity contribution in [1.82, 2.24) is 19.5 Å². The second-order valence-electron chi connectivity index (χ2n) is 6.29. The van der Waals surface area contributed by atoms with Crippen LogP contribution in [0.25, 0.3) is 11.2 Å². The molecule has 1 aliphatic rings. The van der Waals surface area contributed by atoms with Gasteiger partial charge < -0.3 is 35.0 Å². The van der Waals surface area contributed by atoms with Crippen LogP contribution in [-0.2, 0) is 26.8 Å². The van der Waals surface area contributed by atoms with Gasteiger partial charge in [0, 0.05) is 6.42 Å². The number of aliphatic hydroxyl groups excluding tert-OH is 1. The SMILES string of the molecule is C=C1[C@H](OP(=O)(O)OP(=O)(O)OP(=O)(O)O)[C@@H](O)C[C@@H]1n1cnc2c(=O)[nH]c(N)nc21. The topological polar surface area (TPSA) is 270 Å². The van der Waals surface area contributed by atoms with E-state index in [1.807, 2.05) is 0 Å². The largest absolute Gasteiger partial charge is 0.490 e. The highest BCUT2D eigenvalue weighted by Gasteiger charge is 2.47. The fourth-order valence-electron chi connectivity index (χ4n) is 2.98. The van der Waals surface area contributed by atoms with Gasteiger partial charge in [-0.3, -0.25) is 14.3 Å². The van der Waals surface area contributed by atoms with E-state index in [9.17, 15) is 33.4 Å². The van der Waals surface area contributed by atoms with Crippen LogP contribution < -0.4 is 11.3 Å². The van der Waals surface area contributed by atoms with Crippen LogP contribution in [0.2, 0.25) is 0 Å². The normalized spacial score (nSPS) is 26.1. The number of nitrogen functional groups attached to an aromatic ring is 1. The lowest BCUT2D eigenvalue weighted by molar-refractivity contribution is 0.0519. The number of hydrogen-bond acceptors (Lipinski definition) is 11. The molecule has 1 saturated carbocycles. The third-order valence-corrected chi connectivity index (χ3v) is 7.88. The van der Waals surface area contributed by atoms with Gasteiger partial charge in [-0.25, -0.2) is 18.7 Å². The second-order valence-corrected chi connectivity index (χ2v) is 10.7. The van der Waals surface area contributed by atoms with Gasteiger partial charge in [0.15, 0.2) is 11.2 Å². The van der Waals surface area contributed by atoms with E-state index in [4.69, 9.17) is 15.5 Å². The van der Waals surface area contributed by atoms with Crippen molar-refractivity contribution >= 4 is 40.6 Å². The number of H-pyrrole nitrogens is 1. The molecule has 0 aliphatic heterocycles. The van der Waals surface area contributed by atoms with Crippen molar-refractivity contribution in [2.45, 2.75) is 24.7 Å². The Labute approximate surface area is 171 Å². The standard InChI is InChI=1S/C11H16N5O12P3/c1-4-5(16-3-13-7-9(16)14-11(12)15-10(7)18)2-6(17)8(4)26-30(22,23)28-31(24,25)27-29(19,20)21/h3,5-6,8,17H,1-2H2,(H,22,23)(H,24,25)(H2,19,20,21)(H3,12,14,15,18)/t5-,6-,8-/m0/s1. The molecule has 31 heavy (non-hydrogen) atoms. The Balaban J connectivity index is 1.83. The number of rotatable bonds is 7. The lowest BCUT2D eigenvalue weighted by Crippen LogP contribution is -2.23. The van der Waals surface area contributed by atoms with Crippen molar-refractivity contribution in [3.63, 3.8) is 0 Å². The molecular formula is C11H16N5O12P3. The van der Waals surface area contributed by atoms with Crippen LogP contribution in [0.15, 0.2) is 23.3 Å². The van der Waals surface area contributed by atoms with E-state index in [0.29, 0.717) is 0 Å². The Morgan fingerprint density at radius 3 is 2.45 bits per heavy atom. The first-order chi connectivity index (χ1) is 14.1. The van der Waals surface area contributed by atoms with Crippen molar-refractivity contribution < 1.29 is 51.5 Å². The Hall–Kier alpha value is -1.74. The minimum atomic E-state index is -5.73. The summed E-state index contributed by atoms with van der Waals surface area (Å²) in [5.41, 5.74) is 4.81. The van der Waals surface area contributed by atoms with E-state index in [1.165, 1.54) is 10.9 Å². The first-order valence-corrected chi connectivity index (χ1v) is 12.5. The molecule has 1 aliphatic carbocycles. The van der Waals surface area contributed by atoms with Crippen molar-refractivity contribution in [3.05, 3.63) is 28.8 Å². The Morgan fingerprint density at radius 2 is 1.84 bits per heavy atom. The predicted octanol–water partition coefficient (Wildman–Crippen LogP) is -0.724. The highest BCUT2D eigenvalue weighted by atomic mass is 31.3. The fraction of sp³-hybridized carbons (Fsp3) is 0.364. The van der Waals surface area contributed by atoms with Gasteiger partial charge in [-0.15, -0.1) is 0 Å². The van der Waals surface area contributed by atoms with E-state index in [0.717, 1.165) is 0 Å². The summed E-state index contributed by atoms with van der Waals surface area (Å²) in [7, 11) is -16.8. The lowest BCUT2D eigenvalue weighted by Gasteiger charge is -2.22. The third-order valence-electron chi connectivity index (χ3n) is 4.06.